The number of alkyl halides is 2. The average Bonchev–Trinajstić information content (AvgIpc) is 3.26. The van der Waals surface area contributed by atoms with Crippen LogP contribution in [0.25, 0.3) is 0 Å². The Morgan fingerprint density at radius 2 is 2.00 bits per heavy atom. The lowest BCUT2D eigenvalue weighted by atomic mass is 9.94. The molecule has 5 aliphatic rings. The number of nitrogens with one attached hydrogen (secondary N) is 1. The second kappa shape index (κ2) is 8.92. The molecule has 1 aromatic rings. The van der Waals surface area contributed by atoms with Crippen molar-refractivity contribution < 1.29 is 23.6 Å². The number of halogens is 2. The van der Waals surface area contributed by atoms with Crippen LogP contribution in [0.4, 0.5) is 14.6 Å². The van der Waals surface area contributed by atoms with E-state index in [1.807, 2.05) is 6.08 Å². The average molecular weight is 463 g/mol. The lowest BCUT2D eigenvalue weighted by Gasteiger charge is -2.49. The van der Waals surface area contributed by atoms with Gasteiger partial charge in [0, 0.05) is 49.3 Å². The van der Waals surface area contributed by atoms with Crippen LogP contribution in [0.1, 0.15) is 45.1 Å². The van der Waals surface area contributed by atoms with Gasteiger partial charge in [-0.1, -0.05) is 6.92 Å². The fourth-order valence-corrected chi connectivity index (χ4v) is 6.03. The Balaban J connectivity index is 1.28. The Morgan fingerprint density at radius 3 is 2.61 bits per heavy atom. The van der Waals surface area contributed by atoms with Crippen molar-refractivity contribution in [2.45, 2.75) is 70.4 Å². The molecule has 1 aromatic heterocycles. The molecule has 0 spiro atoms. The van der Waals surface area contributed by atoms with Crippen LogP contribution in [-0.2, 0) is 4.74 Å². The van der Waals surface area contributed by atoms with Crippen molar-refractivity contribution in [3.63, 3.8) is 0 Å². The first-order valence-electron chi connectivity index (χ1n) is 12.1. The number of allylic oxidation sites excluding steroid dienone is 2. The molecule has 2 bridgehead atoms. The van der Waals surface area contributed by atoms with Crippen LogP contribution in [0.2, 0.25) is 0 Å². The molecule has 7 nitrogen and oxygen atoms in total. The summed E-state index contributed by atoms with van der Waals surface area (Å²) in [6.07, 6.45) is 8.90. The molecule has 3 saturated heterocycles. The molecule has 0 aromatic carbocycles. The van der Waals surface area contributed by atoms with E-state index in [2.05, 4.69) is 33.8 Å². The number of morpholine rings is 1. The summed E-state index contributed by atoms with van der Waals surface area (Å²) in [5.41, 5.74) is 7.51. The summed E-state index contributed by atoms with van der Waals surface area (Å²) >= 11 is 0. The number of fused-ring (bicyclic) bond motifs is 3. The zero-order chi connectivity index (χ0) is 23.3. The third-order valence-electron chi connectivity index (χ3n) is 7.95. The Kier molecular flexibility index (Phi) is 6.13. The third kappa shape index (κ3) is 4.63. The second-order valence-electron chi connectivity index (χ2n) is 10.1. The van der Waals surface area contributed by atoms with Gasteiger partial charge in [-0.15, -0.1) is 0 Å². The standard InChI is InChI=1S/C24H33F2N5O2/c1-3-12(2)30-20(8-19(27)13-4-21(33-24(25)26)23(28)29-9-13)22-17-5-14(6-18(17)22)31-10-15-7-16(11-31)32-15/h4,8-9,12,14-18,22,24,27,30H,3,5-7,10-11H2,1-2H3,(H2,28,29)/p+1/b20-8-,27-19?/t12?,14?,15?,16?,17-,18+,22?. The van der Waals surface area contributed by atoms with Gasteiger partial charge in [0.15, 0.2) is 11.6 Å². The van der Waals surface area contributed by atoms with Crippen molar-refractivity contribution in [3.05, 3.63) is 29.6 Å². The summed E-state index contributed by atoms with van der Waals surface area (Å²) in [7, 11) is 0. The van der Waals surface area contributed by atoms with Gasteiger partial charge < -0.3 is 20.5 Å². The van der Waals surface area contributed by atoms with Crippen LogP contribution in [0.3, 0.4) is 0 Å². The molecule has 2 aliphatic carbocycles. The van der Waals surface area contributed by atoms with E-state index < -0.39 is 6.61 Å². The van der Waals surface area contributed by atoms with Gasteiger partial charge in [-0.3, -0.25) is 10.3 Å². The number of anilines is 1. The summed E-state index contributed by atoms with van der Waals surface area (Å²) < 4.78 is 35.6. The predicted molar refractivity (Wildman–Crippen MR) is 120 cm³/mol. The minimum Gasteiger partial charge on any atom is -0.431 e. The highest BCUT2D eigenvalue weighted by atomic mass is 19.3. The van der Waals surface area contributed by atoms with E-state index in [-0.39, 0.29) is 17.3 Å². The fourth-order valence-electron chi connectivity index (χ4n) is 6.03. The van der Waals surface area contributed by atoms with Crippen LogP contribution < -0.4 is 15.8 Å². The highest BCUT2D eigenvalue weighted by molar-refractivity contribution is 6.07. The maximum atomic E-state index is 12.7. The quantitative estimate of drug-likeness (QED) is 0.489. The van der Waals surface area contributed by atoms with Gasteiger partial charge in [0.1, 0.15) is 5.70 Å². The van der Waals surface area contributed by atoms with Crippen molar-refractivity contribution in [2.75, 3.05) is 18.8 Å². The Bertz CT molecular complexity index is 913. The number of rotatable bonds is 9. The summed E-state index contributed by atoms with van der Waals surface area (Å²) in [4.78, 5) is 6.59. The Hall–Kier alpha value is -2.10. The summed E-state index contributed by atoms with van der Waals surface area (Å²) in [5, 5.41) is 10.9. The maximum absolute atomic E-state index is 12.7. The summed E-state index contributed by atoms with van der Waals surface area (Å²) in [6, 6.07) is 2.45. The predicted octanol–water partition coefficient (Wildman–Crippen LogP) is 2.38. The van der Waals surface area contributed by atoms with Crippen LogP contribution in [-0.4, -0.2) is 59.6 Å². The van der Waals surface area contributed by atoms with Crippen molar-refractivity contribution in [1.29, 1.82) is 5.41 Å². The number of quaternary nitrogens is 1. The number of aromatic nitrogens is 1. The number of pyridine rings is 1. The maximum Gasteiger partial charge on any atom is 0.387 e. The first-order valence-corrected chi connectivity index (χ1v) is 12.1. The smallest absolute Gasteiger partial charge is 0.387 e. The third-order valence-corrected chi connectivity index (χ3v) is 7.95. The molecule has 5 N–H and O–H groups in total. The highest BCUT2D eigenvalue weighted by Gasteiger charge is 2.60. The molecular weight excluding hydrogens is 428 g/mol. The molecule has 7 atom stereocenters. The zero-order valence-corrected chi connectivity index (χ0v) is 19.2. The highest BCUT2D eigenvalue weighted by Crippen LogP contribution is 2.60. The van der Waals surface area contributed by atoms with Crippen LogP contribution in [0, 0.1) is 23.2 Å². The Labute approximate surface area is 193 Å². The first kappa shape index (κ1) is 22.7. The fraction of sp³-hybridized carbons (Fsp3) is 0.667. The van der Waals surface area contributed by atoms with Crippen LogP contribution in [0.15, 0.2) is 24.0 Å². The van der Waals surface area contributed by atoms with Crippen LogP contribution >= 0.6 is 0 Å². The van der Waals surface area contributed by atoms with E-state index in [0.29, 0.717) is 47.6 Å². The Morgan fingerprint density at radius 1 is 1.33 bits per heavy atom. The van der Waals surface area contributed by atoms with Gasteiger partial charge in [0.25, 0.3) is 0 Å². The summed E-state index contributed by atoms with van der Waals surface area (Å²) in [5.74, 6) is 1.50. The van der Waals surface area contributed by atoms with Gasteiger partial charge >= 0.3 is 6.61 Å². The first-order chi connectivity index (χ1) is 15.8. The molecule has 3 aliphatic heterocycles. The summed E-state index contributed by atoms with van der Waals surface area (Å²) in [6.45, 7) is 3.52. The van der Waals surface area contributed by atoms with Gasteiger partial charge in [-0.05, 0) is 44.1 Å². The minimum absolute atomic E-state index is 0.106. The number of hydrogen-bond acceptors (Lipinski definition) is 6. The van der Waals surface area contributed by atoms with E-state index in [9.17, 15) is 8.78 Å². The van der Waals surface area contributed by atoms with Gasteiger partial charge in [-0.2, -0.15) is 8.78 Å². The second-order valence-corrected chi connectivity index (χ2v) is 10.1. The van der Waals surface area contributed by atoms with E-state index in [1.165, 1.54) is 37.2 Å². The van der Waals surface area contributed by atoms with Crippen molar-refractivity contribution >= 4 is 11.5 Å². The van der Waals surface area contributed by atoms with Gasteiger partial charge in [0.2, 0.25) is 0 Å². The van der Waals surface area contributed by atoms with Gasteiger partial charge in [-0.25, -0.2) is 4.98 Å². The largest absolute Gasteiger partial charge is 0.431 e. The number of ether oxygens (including phenoxy) is 2. The molecule has 0 radical (unpaired) electrons. The molecule has 33 heavy (non-hydrogen) atoms. The number of nitrogen functional groups attached to an aromatic ring is 1. The van der Waals surface area contributed by atoms with Crippen molar-refractivity contribution in [2.24, 2.45) is 17.8 Å². The minimum atomic E-state index is -2.99. The zero-order valence-electron chi connectivity index (χ0n) is 19.2. The molecule has 2 saturated carbocycles. The van der Waals surface area contributed by atoms with E-state index in [0.717, 1.165) is 19.5 Å². The molecule has 6 rings (SSSR count). The number of piperidine rings is 1. The normalized spacial score (nSPS) is 34.0. The molecule has 4 heterocycles. The monoisotopic (exact) mass is 462 g/mol. The molecule has 9 heteroatoms. The lowest BCUT2D eigenvalue weighted by molar-refractivity contribution is -0.644. The molecule has 5 fully saturated rings. The molecule has 0 amide bonds. The molecule has 5 unspecified atom stereocenters. The molecular formula is C24H34F2N5O2+. The SMILES string of the molecule is CCC(C)[NH2+]/C(=C\C(=N)c1cnc(N)c(OC(F)F)c1)C1[C@H]2CC(N3CC4CC(C3)O4)C[C@@H]12. The molecule has 180 valence electrons. The number of nitrogens with zero attached hydrogens (tertiary/aromatic N) is 2. The number of nitrogens with two attached hydrogens (primary N) is 2. The van der Waals surface area contributed by atoms with E-state index in [1.54, 1.807) is 0 Å². The van der Waals surface area contributed by atoms with E-state index >= 15 is 0 Å². The van der Waals surface area contributed by atoms with Crippen LogP contribution in [0.5, 0.6) is 5.75 Å². The van der Waals surface area contributed by atoms with Crippen molar-refractivity contribution in [1.82, 2.24) is 9.88 Å². The van der Waals surface area contributed by atoms with Crippen molar-refractivity contribution in [3.8, 4) is 5.75 Å². The lowest BCUT2D eigenvalue weighted by Crippen LogP contribution is -2.87. The number of hydrogen-bond donors (Lipinski definition) is 3. The van der Waals surface area contributed by atoms with E-state index in [4.69, 9.17) is 15.9 Å². The topological polar surface area (TPSA) is 101 Å². The van der Waals surface area contributed by atoms with Gasteiger partial charge in [0.05, 0.1) is 24.0 Å².